The highest BCUT2D eigenvalue weighted by Gasteiger charge is 2.30. The van der Waals surface area contributed by atoms with Crippen LogP contribution in [0.15, 0.2) is 24.3 Å². The predicted octanol–water partition coefficient (Wildman–Crippen LogP) is 2.69. The second-order valence-electron chi connectivity index (χ2n) is 6.26. The number of ether oxygens (including phenoxy) is 1. The van der Waals surface area contributed by atoms with Gasteiger partial charge in [0.2, 0.25) is 0 Å². The summed E-state index contributed by atoms with van der Waals surface area (Å²) >= 11 is 0. The molecule has 2 saturated heterocycles. The van der Waals surface area contributed by atoms with Gasteiger partial charge in [0.15, 0.2) is 0 Å². The molecule has 1 aromatic carbocycles. The van der Waals surface area contributed by atoms with Crippen molar-refractivity contribution in [3.05, 3.63) is 29.8 Å². The Morgan fingerprint density at radius 3 is 2.73 bits per heavy atom. The Morgan fingerprint density at radius 2 is 2.05 bits per heavy atom. The van der Waals surface area contributed by atoms with Crippen molar-refractivity contribution in [3.63, 3.8) is 0 Å². The second-order valence-corrected chi connectivity index (χ2v) is 6.26. The van der Waals surface area contributed by atoms with Gasteiger partial charge in [0, 0.05) is 19.1 Å². The van der Waals surface area contributed by atoms with Crippen LogP contribution in [0.4, 0.5) is 0 Å². The fourth-order valence-corrected chi connectivity index (χ4v) is 3.71. The number of likely N-dealkylation sites (tertiary alicyclic amines) is 1. The molecule has 1 aromatic rings. The number of hydrogen-bond acceptors (Lipinski definition) is 3. The van der Waals surface area contributed by atoms with Gasteiger partial charge in [-0.15, -0.1) is 0 Å². The summed E-state index contributed by atoms with van der Waals surface area (Å²) in [6, 6.07) is 8.25. The topological polar surface area (TPSA) is 41.6 Å². The van der Waals surface area contributed by atoms with Crippen molar-refractivity contribution >= 4 is 5.91 Å². The van der Waals surface area contributed by atoms with Crippen LogP contribution < -0.4 is 10.1 Å². The van der Waals surface area contributed by atoms with Crippen molar-refractivity contribution in [3.8, 4) is 5.75 Å². The number of rotatable bonds is 4. The molecule has 2 aliphatic heterocycles. The first-order chi connectivity index (χ1) is 10.8. The lowest BCUT2D eigenvalue weighted by molar-refractivity contribution is 0.0670. The quantitative estimate of drug-likeness (QED) is 0.930. The zero-order chi connectivity index (χ0) is 15.4. The lowest BCUT2D eigenvalue weighted by Gasteiger charge is -2.35. The molecule has 0 aromatic heterocycles. The van der Waals surface area contributed by atoms with Gasteiger partial charge in [-0.1, -0.05) is 12.1 Å². The average molecular weight is 302 g/mol. The molecule has 0 spiro atoms. The van der Waals surface area contributed by atoms with Crippen LogP contribution in [0.1, 0.15) is 43.0 Å². The van der Waals surface area contributed by atoms with Gasteiger partial charge in [-0.3, -0.25) is 4.79 Å². The van der Waals surface area contributed by atoms with Crippen LogP contribution in [0, 0.1) is 5.92 Å². The SMILES string of the molecule is CCOc1ccccc1C(=O)N1CCC(C2CCCN2)CC1. The van der Waals surface area contributed by atoms with E-state index in [-0.39, 0.29) is 5.91 Å². The van der Waals surface area contributed by atoms with E-state index in [2.05, 4.69) is 5.32 Å². The number of nitrogens with zero attached hydrogens (tertiary/aromatic N) is 1. The lowest BCUT2D eigenvalue weighted by Crippen LogP contribution is -2.43. The van der Waals surface area contributed by atoms with Gasteiger partial charge in [0.1, 0.15) is 5.75 Å². The van der Waals surface area contributed by atoms with Gasteiger partial charge in [0.25, 0.3) is 5.91 Å². The van der Waals surface area contributed by atoms with Crippen molar-refractivity contribution < 1.29 is 9.53 Å². The van der Waals surface area contributed by atoms with Gasteiger partial charge >= 0.3 is 0 Å². The molecule has 0 aliphatic carbocycles. The van der Waals surface area contributed by atoms with E-state index in [1.54, 1.807) is 0 Å². The van der Waals surface area contributed by atoms with Crippen molar-refractivity contribution in [1.82, 2.24) is 10.2 Å². The van der Waals surface area contributed by atoms with E-state index >= 15 is 0 Å². The van der Waals surface area contributed by atoms with Gasteiger partial charge in [-0.25, -0.2) is 0 Å². The fourth-order valence-electron chi connectivity index (χ4n) is 3.71. The van der Waals surface area contributed by atoms with E-state index in [0.29, 0.717) is 24.0 Å². The molecule has 3 rings (SSSR count). The third kappa shape index (κ3) is 3.27. The second kappa shape index (κ2) is 7.14. The maximum absolute atomic E-state index is 12.8. The van der Waals surface area contributed by atoms with Crippen LogP contribution >= 0.6 is 0 Å². The van der Waals surface area contributed by atoms with Crippen molar-refractivity contribution in [2.75, 3.05) is 26.2 Å². The summed E-state index contributed by atoms with van der Waals surface area (Å²) < 4.78 is 5.59. The lowest BCUT2D eigenvalue weighted by atomic mass is 9.88. The molecule has 1 unspecified atom stereocenters. The molecular weight excluding hydrogens is 276 g/mol. The molecule has 1 amide bonds. The van der Waals surface area contributed by atoms with Crippen molar-refractivity contribution in [1.29, 1.82) is 0 Å². The summed E-state index contributed by atoms with van der Waals surface area (Å²) in [4.78, 5) is 14.7. The summed E-state index contributed by atoms with van der Waals surface area (Å²) in [7, 11) is 0. The highest BCUT2D eigenvalue weighted by Crippen LogP contribution is 2.27. The Morgan fingerprint density at radius 1 is 1.27 bits per heavy atom. The highest BCUT2D eigenvalue weighted by molar-refractivity contribution is 5.97. The molecule has 2 heterocycles. The summed E-state index contributed by atoms with van der Waals surface area (Å²) in [5, 5.41) is 3.60. The summed E-state index contributed by atoms with van der Waals surface area (Å²) in [5.41, 5.74) is 0.696. The van der Waals surface area contributed by atoms with E-state index in [1.165, 1.54) is 12.8 Å². The minimum atomic E-state index is 0.113. The molecule has 0 radical (unpaired) electrons. The number of hydrogen-bond donors (Lipinski definition) is 1. The van der Waals surface area contributed by atoms with Crippen LogP contribution in [0.3, 0.4) is 0 Å². The number of carbonyl (C=O) groups excluding carboxylic acids is 1. The standard InChI is InChI=1S/C18H26N2O2/c1-2-22-17-8-4-3-6-15(17)18(21)20-12-9-14(10-13-20)16-7-5-11-19-16/h3-4,6,8,14,16,19H,2,5,7,9-13H2,1H3. The predicted molar refractivity (Wildman–Crippen MR) is 87.3 cm³/mol. The number of para-hydroxylation sites is 1. The Hall–Kier alpha value is -1.55. The van der Waals surface area contributed by atoms with E-state index in [9.17, 15) is 4.79 Å². The Kier molecular flexibility index (Phi) is 4.98. The number of carbonyl (C=O) groups is 1. The van der Waals surface area contributed by atoms with Crippen molar-refractivity contribution in [2.24, 2.45) is 5.92 Å². The van der Waals surface area contributed by atoms with Gasteiger partial charge < -0.3 is 15.0 Å². The molecule has 22 heavy (non-hydrogen) atoms. The molecule has 2 aliphatic rings. The first-order valence-electron chi connectivity index (χ1n) is 8.54. The van der Waals surface area contributed by atoms with E-state index in [1.807, 2.05) is 36.1 Å². The van der Waals surface area contributed by atoms with Gasteiger partial charge in [-0.05, 0) is 57.2 Å². The van der Waals surface area contributed by atoms with E-state index in [4.69, 9.17) is 4.74 Å². The first-order valence-corrected chi connectivity index (χ1v) is 8.54. The largest absolute Gasteiger partial charge is 0.493 e. The average Bonchev–Trinajstić information content (AvgIpc) is 3.10. The molecule has 4 heteroatoms. The molecule has 0 saturated carbocycles. The van der Waals surface area contributed by atoms with Crippen LogP contribution in [-0.2, 0) is 0 Å². The van der Waals surface area contributed by atoms with Gasteiger partial charge in [0.05, 0.1) is 12.2 Å². The minimum Gasteiger partial charge on any atom is -0.493 e. The molecule has 120 valence electrons. The monoisotopic (exact) mass is 302 g/mol. The first kappa shape index (κ1) is 15.3. The maximum Gasteiger partial charge on any atom is 0.257 e. The number of nitrogens with one attached hydrogen (secondary N) is 1. The smallest absolute Gasteiger partial charge is 0.257 e. The zero-order valence-electron chi connectivity index (χ0n) is 13.4. The molecular formula is C18H26N2O2. The minimum absolute atomic E-state index is 0.113. The number of piperidine rings is 1. The molecule has 1 atom stereocenters. The fraction of sp³-hybridized carbons (Fsp3) is 0.611. The normalized spacial score (nSPS) is 22.8. The van der Waals surface area contributed by atoms with Crippen LogP contribution in [0.2, 0.25) is 0 Å². The maximum atomic E-state index is 12.8. The molecule has 0 bridgehead atoms. The third-order valence-corrected chi connectivity index (χ3v) is 4.91. The van der Waals surface area contributed by atoms with Crippen LogP contribution in [0.5, 0.6) is 5.75 Å². The number of amides is 1. The molecule has 2 fully saturated rings. The Bertz CT molecular complexity index is 504. The number of benzene rings is 1. The summed E-state index contributed by atoms with van der Waals surface area (Å²) in [6.07, 6.45) is 4.82. The summed E-state index contributed by atoms with van der Waals surface area (Å²) in [6.45, 7) is 5.41. The van der Waals surface area contributed by atoms with Crippen LogP contribution in [0.25, 0.3) is 0 Å². The Balaban J connectivity index is 1.62. The van der Waals surface area contributed by atoms with Gasteiger partial charge in [-0.2, -0.15) is 0 Å². The molecule has 1 N–H and O–H groups in total. The van der Waals surface area contributed by atoms with E-state index in [0.717, 1.165) is 38.4 Å². The molecule has 4 nitrogen and oxygen atoms in total. The Labute approximate surface area is 132 Å². The zero-order valence-corrected chi connectivity index (χ0v) is 13.4. The van der Waals surface area contributed by atoms with E-state index < -0.39 is 0 Å². The van der Waals surface area contributed by atoms with Crippen LogP contribution in [-0.4, -0.2) is 43.1 Å². The van der Waals surface area contributed by atoms with Crippen molar-refractivity contribution in [2.45, 2.75) is 38.6 Å². The highest BCUT2D eigenvalue weighted by atomic mass is 16.5. The third-order valence-electron chi connectivity index (χ3n) is 4.91. The summed E-state index contributed by atoms with van der Waals surface area (Å²) in [5.74, 6) is 1.55.